The fraction of sp³-hybridized carbons (Fsp3) is 0.316. The Morgan fingerprint density at radius 3 is 2.88 bits per heavy atom. The SMILES string of the molecule is O=C(Cn1ccc2ccccc21)NCc1nccc(N2CCOCC2)n1. The number of nitrogens with one attached hydrogen (secondary N) is 1. The van der Waals surface area contributed by atoms with Gasteiger partial charge in [0.15, 0.2) is 0 Å². The molecule has 0 spiro atoms. The zero-order chi connectivity index (χ0) is 17.8. The Balaban J connectivity index is 1.37. The summed E-state index contributed by atoms with van der Waals surface area (Å²) in [7, 11) is 0. The van der Waals surface area contributed by atoms with Gasteiger partial charge in [-0.15, -0.1) is 0 Å². The molecule has 0 saturated carbocycles. The summed E-state index contributed by atoms with van der Waals surface area (Å²) in [5.41, 5.74) is 1.05. The molecule has 0 bridgehead atoms. The van der Waals surface area contributed by atoms with Gasteiger partial charge < -0.3 is 19.5 Å². The molecule has 7 nitrogen and oxygen atoms in total. The van der Waals surface area contributed by atoms with E-state index in [9.17, 15) is 4.79 Å². The maximum atomic E-state index is 12.3. The first-order valence-corrected chi connectivity index (χ1v) is 8.75. The van der Waals surface area contributed by atoms with Gasteiger partial charge in [0.1, 0.15) is 18.2 Å². The maximum absolute atomic E-state index is 12.3. The molecule has 26 heavy (non-hydrogen) atoms. The summed E-state index contributed by atoms with van der Waals surface area (Å²) in [5.74, 6) is 1.43. The number of hydrogen-bond acceptors (Lipinski definition) is 5. The molecule has 2 aromatic heterocycles. The van der Waals surface area contributed by atoms with E-state index < -0.39 is 0 Å². The zero-order valence-electron chi connectivity index (χ0n) is 14.5. The highest BCUT2D eigenvalue weighted by Gasteiger charge is 2.13. The molecule has 0 radical (unpaired) electrons. The lowest BCUT2D eigenvalue weighted by atomic mass is 10.2. The van der Waals surface area contributed by atoms with Crippen molar-refractivity contribution in [1.29, 1.82) is 0 Å². The average Bonchev–Trinajstić information content (AvgIpc) is 3.10. The normalized spacial score (nSPS) is 14.5. The number of nitrogens with zero attached hydrogens (tertiary/aromatic N) is 4. The van der Waals surface area contributed by atoms with Crippen molar-refractivity contribution in [2.45, 2.75) is 13.1 Å². The number of benzene rings is 1. The van der Waals surface area contributed by atoms with Crippen molar-refractivity contribution in [3.8, 4) is 0 Å². The second-order valence-corrected chi connectivity index (χ2v) is 6.21. The van der Waals surface area contributed by atoms with Gasteiger partial charge in [-0.3, -0.25) is 4.79 Å². The Bertz CT molecular complexity index is 902. The van der Waals surface area contributed by atoms with Gasteiger partial charge in [-0.25, -0.2) is 9.97 Å². The van der Waals surface area contributed by atoms with E-state index in [2.05, 4.69) is 20.2 Å². The Kier molecular flexibility index (Phi) is 4.79. The third-order valence-electron chi connectivity index (χ3n) is 4.46. The standard InChI is InChI=1S/C19H21N5O2/c25-19(14-24-8-6-15-3-1-2-4-16(15)24)21-13-17-20-7-5-18(22-17)23-9-11-26-12-10-23/h1-8H,9-14H2,(H,21,25). The molecule has 0 atom stereocenters. The predicted octanol–water partition coefficient (Wildman–Crippen LogP) is 1.58. The average molecular weight is 351 g/mol. The summed E-state index contributed by atoms with van der Waals surface area (Å²) in [6, 6.07) is 11.9. The number of amides is 1. The number of anilines is 1. The van der Waals surface area contributed by atoms with Crippen molar-refractivity contribution in [1.82, 2.24) is 19.9 Å². The van der Waals surface area contributed by atoms with Gasteiger partial charge in [-0.05, 0) is 23.6 Å². The van der Waals surface area contributed by atoms with Crippen LogP contribution in [0.1, 0.15) is 5.82 Å². The summed E-state index contributed by atoms with van der Waals surface area (Å²) in [6.07, 6.45) is 3.67. The third kappa shape index (κ3) is 3.67. The van der Waals surface area contributed by atoms with Crippen LogP contribution in [0, 0.1) is 0 Å². The van der Waals surface area contributed by atoms with Crippen molar-refractivity contribution in [3.05, 3.63) is 54.6 Å². The van der Waals surface area contributed by atoms with E-state index in [0.717, 1.165) is 29.8 Å². The minimum Gasteiger partial charge on any atom is -0.378 e. The summed E-state index contributed by atoms with van der Waals surface area (Å²) >= 11 is 0. The van der Waals surface area contributed by atoms with Crippen LogP contribution >= 0.6 is 0 Å². The Morgan fingerprint density at radius 2 is 2.00 bits per heavy atom. The van der Waals surface area contributed by atoms with Gasteiger partial charge in [-0.2, -0.15) is 0 Å². The molecule has 1 amide bonds. The van der Waals surface area contributed by atoms with Crippen LogP contribution in [0.4, 0.5) is 5.82 Å². The number of aromatic nitrogens is 3. The first-order valence-electron chi connectivity index (χ1n) is 8.75. The lowest BCUT2D eigenvalue weighted by molar-refractivity contribution is -0.121. The van der Waals surface area contributed by atoms with Gasteiger partial charge in [0, 0.05) is 31.0 Å². The van der Waals surface area contributed by atoms with Gasteiger partial charge in [0.05, 0.1) is 19.8 Å². The van der Waals surface area contributed by atoms with Crippen molar-refractivity contribution < 1.29 is 9.53 Å². The lowest BCUT2D eigenvalue weighted by Crippen LogP contribution is -2.37. The van der Waals surface area contributed by atoms with E-state index in [0.29, 0.717) is 25.6 Å². The van der Waals surface area contributed by atoms with Crippen molar-refractivity contribution in [2.75, 3.05) is 31.2 Å². The number of fused-ring (bicyclic) bond motifs is 1. The molecule has 1 N–H and O–H groups in total. The highest BCUT2D eigenvalue weighted by Crippen LogP contribution is 2.15. The molecule has 134 valence electrons. The monoisotopic (exact) mass is 351 g/mol. The quantitative estimate of drug-likeness (QED) is 0.756. The van der Waals surface area contributed by atoms with Gasteiger partial charge in [0.2, 0.25) is 5.91 Å². The molecule has 3 heterocycles. The highest BCUT2D eigenvalue weighted by atomic mass is 16.5. The Morgan fingerprint density at radius 1 is 1.15 bits per heavy atom. The molecule has 0 aliphatic carbocycles. The second kappa shape index (κ2) is 7.53. The summed E-state index contributed by atoms with van der Waals surface area (Å²) < 4.78 is 7.31. The fourth-order valence-electron chi connectivity index (χ4n) is 3.11. The van der Waals surface area contributed by atoms with Crippen LogP contribution in [0.25, 0.3) is 10.9 Å². The van der Waals surface area contributed by atoms with Crippen LogP contribution in [-0.2, 0) is 22.6 Å². The molecule has 3 aromatic rings. The van der Waals surface area contributed by atoms with Gasteiger partial charge >= 0.3 is 0 Å². The zero-order valence-corrected chi connectivity index (χ0v) is 14.5. The summed E-state index contributed by atoms with van der Waals surface area (Å²) in [4.78, 5) is 23.3. The van der Waals surface area contributed by atoms with E-state index in [1.165, 1.54) is 0 Å². The van der Waals surface area contributed by atoms with E-state index >= 15 is 0 Å². The first kappa shape index (κ1) is 16.5. The van der Waals surface area contributed by atoms with Crippen molar-refractivity contribution >= 4 is 22.6 Å². The molecule has 7 heteroatoms. The van der Waals surface area contributed by atoms with Crippen molar-refractivity contribution in [2.24, 2.45) is 0 Å². The number of ether oxygens (including phenoxy) is 1. The van der Waals surface area contributed by atoms with E-state index in [1.807, 2.05) is 47.2 Å². The van der Waals surface area contributed by atoms with E-state index in [4.69, 9.17) is 4.74 Å². The number of carbonyl (C=O) groups excluding carboxylic acids is 1. The minimum atomic E-state index is -0.0632. The van der Waals surface area contributed by atoms with E-state index in [-0.39, 0.29) is 12.5 Å². The molecular weight excluding hydrogens is 330 g/mol. The van der Waals surface area contributed by atoms with Crippen LogP contribution in [0.3, 0.4) is 0 Å². The second-order valence-electron chi connectivity index (χ2n) is 6.21. The molecule has 1 aliphatic heterocycles. The molecule has 1 aliphatic rings. The van der Waals surface area contributed by atoms with Crippen LogP contribution < -0.4 is 10.2 Å². The highest BCUT2D eigenvalue weighted by molar-refractivity contribution is 5.83. The van der Waals surface area contributed by atoms with Crippen molar-refractivity contribution in [3.63, 3.8) is 0 Å². The van der Waals surface area contributed by atoms with Crippen LogP contribution in [0.15, 0.2) is 48.8 Å². The lowest BCUT2D eigenvalue weighted by Gasteiger charge is -2.27. The Hall–Kier alpha value is -2.93. The van der Waals surface area contributed by atoms with Crippen LogP contribution in [-0.4, -0.2) is 46.7 Å². The predicted molar refractivity (Wildman–Crippen MR) is 98.8 cm³/mol. The molecule has 0 unspecified atom stereocenters. The largest absolute Gasteiger partial charge is 0.378 e. The van der Waals surface area contributed by atoms with Crippen LogP contribution in [0.2, 0.25) is 0 Å². The number of rotatable bonds is 5. The molecule has 1 aromatic carbocycles. The third-order valence-corrected chi connectivity index (χ3v) is 4.46. The number of hydrogen-bond donors (Lipinski definition) is 1. The minimum absolute atomic E-state index is 0.0632. The summed E-state index contributed by atoms with van der Waals surface area (Å²) in [5, 5.41) is 4.03. The molecule has 1 saturated heterocycles. The number of carbonyl (C=O) groups is 1. The number of para-hydroxylation sites is 1. The topological polar surface area (TPSA) is 72.3 Å². The summed E-state index contributed by atoms with van der Waals surface area (Å²) in [6.45, 7) is 3.65. The van der Waals surface area contributed by atoms with Crippen LogP contribution in [0.5, 0.6) is 0 Å². The first-order chi connectivity index (χ1) is 12.8. The van der Waals surface area contributed by atoms with Gasteiger partial charge in [-0.1, -0.05) is 18.2 Å². The number of morpholine rings is 1. The molecular formula is C19H21N5O2. The molecule has 4 rings (SSSR count). The smallest absolute Gasteiger partial charge is 0.240 e. The Labute approximate surface area is 151 Å². The fourth-order valence-corrected chi connectivity index (χ4v) is 3.11. The maximum Gasteiger partial charge on any atom is 0.240 e. The van der Waals surface area contributed by atoms with E-state index in [1.54, 1.807) is 6.20 Å². The van der Waals surface area contributed by atoms with Gasteiger partial charge in [0.25, 0.3) is 0 Å². The molecule has 1 fully saturated rings.